The minimum absolute atomic E-state index is 0.487. The number of nitrogens with one attached hydrogen (secondary N) is 1. The van der Waals surface area contributed by atoms with E-state index in [1.807, 2.05) is 0 Å². The van der Waals surface area contributed by atoms with E-state index < -0.39 is 40.7 Å². The van der Waals surface area contributed by atoms with Gasteiger partial charge < -0.3 is 14.2 Å². The number of ketones is 1. The summed E-state index contributed by atoms with van der Waals surface area (Å²) in [5.41, 5.74) is -1.81. The van der Waals surface area contributed by atoms with Gasteiger partial charge in [0.15, 0.2) is 5.78 Å². The number of ether oxygens (including phenoxy) is 3. The lowest BCUT2D eigenvalue weighted by Crippen LogP contribution is -2.66. The van der Waals surface area contributed by atoms with Crippen molar-refractivity contribution in [2.24, 2.45) is 0 Å². The number of rotatable bonds is 3. The molecule has 0 aliphatic heterocycles. The van der Waals surface area contributed by atoms with E-state index in [-0.39, 0.29) is 0 Å². The molecule has 144 valence electrons. The van der Waals surface area contributed by atoms with Crippen LogP contribution in [0.2, 0.25) is 0 Å². The van der Waals surface area contributed by atoms with Crippen LogP contribution in [0.4, 0.5) is 9.59 Å². The fraction of sp³-hybridized carbons (Fsp3) is 0.750. The van der Waals surface area contributed by atoms with Gasteiger partial charge in [-0.2, -0.15) is 5.01 Å². The van der Waals surface area contributed by atoms with Crippen LogP contribution in [0.5, 0.6) is 0 Å². The van der Waals surface area contributed by atoms with Crippen LogP contribution >= 0.6 is 0 Å². The summed E-state index contributed by atoms with van der Waals surface area (Å²) in [6, 6.07) is 0. The lowest BCUT2D eigenvalue weighted by atomic mass is 9.97. The molecule has 0 fully saturated rings. The molecule has 0 heterocycles. The van der Waals surface area contributed by atoms with E-state index in [4.69, 9.17) is 9.47 Å². The van der Waals surface area contributed by atoms with Gasteiger partial charge in [-0.1, -0.05) is 0 Å². The minimum Gasteiger partial charge on any atom is -0.467 e. The van der Waals surface area contributed by atoms with Crippen molar-refractivity contribution in [3.8, 4) is 0 Å². The Labute approximate surface area is 147 Å². The highest BCUT2D eigenvalue weighted by Crippen LogP contribution is 2.21. The molecule has 9 heteroatoms. The Hall–Kier alpha value is -2.32. The molecule has 0 aliphatic rings. The summed E-state index contributed by atoms with van der Waals surface area (Å²) in [6.45, 7) is 11.9. The fourth-order valence-electron chi connectivity index (χ4n) is 1.63. The van der Waals surface area contributed by atoms with Crippen molar-refractivity contribution in [2.75, 3.05) is 7.11 Å². The van der Waals surface area contributed by atoms with Gasteiger partial charge in [0.1, 0.15) is 11.2 Å². The van der Waals surface area contributed by atoms with E-state index >= 15 is 0 Å². The second-order valence-electron chi connectivity index (χ2n) is 7.55. The van der Waals surface area contributed by atoms with E-state index in [2.05, 4.69) is 10.2 Å². The number of carbonyl (C=O) groups is 4. The summed E-state index contributed by atoms with van der Waals surface area (Å²) in [5, 5.41) is 0.487. The number of methoxy groups -OCH3 is 1. The molecule has 0 unspecified atom stereocenters. The van der Waals surface area contributed by atoms with E-state index in [9.17, 15) is 19.2 Å². The number of hydrogen-bond donors (Lipinski definition) is 1. The van der Waals surface area contributed by atoms with Gasteiger partial charge in [0.2, 0.25) is 5.54 Å². The summed E-state index contributed by atoms with van der Waals surface area (Å²) in [5.74, 6) is -1.77. The summed E-state index contributed by atoms with van der Waals surface area (Å²) in [4.78, 5) is 48.8. The third-order valence-electron chi connectivity index (χ3n) is 2.89. The topological polar surface area (TPSA) is 111 Å². The smallest absolute Gasteiger partial charge is 0.430 e. The zero-order valence-corrected chi connectivity index (χ0v) is 16.3. The van der Waals surface area contributed by atoms with Crippen LogP contribution in [0.3, 0.4) is 0 Å². The number of carbonyl (C=O) groups excluding carboxylic acids is 4. The van der Waals surface area contributed by atoms with Crippen molar-refractivity contribution in [3.05, 3.63) is 0 Å². The molecule has 0 saturated heterocycles. The Kier molecular flexibility index (Phi) is 6.99. The number of nitrogens with zero attached hydrogens (tertiary/aromatic N) is 1. The Balaban J connectivity index is 5.88. The molecule has 9 nitrogen and oxygen atoms in total. The first kappa shape index (κ1) is 22.7. The molecular weight excluding hydrogens is 332 g/mol. The van der Waals surface area contributed by atoms with Gasteiger partial charge in [-0.15, -0.1) is 0 Å². The summed E-state index contributed by atoms with van der Waals surface area (Å²) in [6.07, 6.45) is -2.14. The van der Waals surface area contributed by atoms with Crippen molar-refractivity contribution in [3.63, 3.8) is 0 Å². The molecule has 0 aromatic heterocycles. The van der Waals surface area contributed by atoms with Crippen molar-refractivity contribution in [2.45, 2.75) is 72.1 Å². The number of esters is 1. The van der Waals surface area contributed by atoms with Crippen LogP contribution < -0.4 is 5.43 Å². The number of amides is 2. The molecular formula is C16H28N2O7. The molecule has 2 amide bonds. The molecule has 0 rings (SSSR count). The molecule has 0 spiro atoms. The van der Waals surface area contributed by atoms with E-state index in [1.54, 1.807) is 41.5 Å². The highest BCUT2D eigenvalue weighted by molar-refractivity contribution is 6.09. The molecule has 0 saturated carbocycles. The molecule has 0 radical (unpaired) electrons. The highest BCUT2D eigenvalue weighted by Gasteiger charge is 2.51. The van der Waals surface area contributed by atoms with Gasteiger partial charge in [0.05, 0.1) is 7.11 Å². The molecule has 1 N–H and O–H groups in total. The largest absolute Gasteiger partial charge is 0.467 e. The van der Waals surface area contributed by atoms with Crippen molar-refractivity contribution in [1.82, 2.24) is 10.4 Å². The predicted molar refractivity (Wildman–Crippen MR) is 88.5 cm³/mol. The predicted octanol–water partition coefficient (Wildman–Crippen LogP) is 2.18. The van der Waals surface area contributed by atoms with E-state index in [1.165, 1.54) is 0 Å². The van der Waals surface area contributed by atoms with Crippen LogP contribution in [0.1, 0.15) is 55.4 Å². The molecule has 25 heavy (non-hydrogen) atoms. The van der Waals surface area contributed by atoms with E-state index in [0.29, 0.717) is 5.01 Å². The van der Waals surface area contributed by atoms with Crippen LogP contribution in [0.15, 0.2) is 0 Å². The average molecular weight is 360 g/mol. The van der Waals surface area contributed by atoms with E-state index in [0.717, 1.165) is 21.0 Å². The van der Waals surface area contributed by atoms with Crippen molar-refractivity contribution >= 4 is 23.9 Å². The molecule has 0 aromatic carbocycles. The van der Waals surface area contributed by atoms with Crippen molar-refractivity contribution < 1.29 is 33.4 Å². The zero-order valence-electron chi connectivity index (χ0n) is 16.3. The summed E-state index contributed by atoms with van der Waals surface area (Å²) in [7, 11) is 1.06. The standard InChI is InChI=1S/C16H28N2O7/c1-10(19)16(8,11(20)23-9)18(13(22)25-15(5,6)7)17-12(21)24-14(2,3)4/h1-9H3,(H,17,21)/t16-/m1/s1. The Morgan fingerprint density at radius 1 is 0.840 bits per heavy atom. The third-order valence-corrected chi connectivity index (χ3v) is 2.89. The quantitative estimate of drug-likeness (QED) is 0.355. The highest BCUT2D eigenvalue weighted by atomic mass is 16.6. The van der Waals surface area contributed by atoms with Gasteiger partial charge in [-0.3, -0.25) is 4.79 Å². The first-order valence-corrected chi connectivity index (χ1v) is 7.67. The van der Waals surface area contributed by atoms with Crippen LogP contribution in [-0.2, 0) is 23.8 Å². The molecule has 0 bridgehead atoms. The first-order chi connectivity index (χ1) is 11.0. The lowest BCUT2D eigenvalue weighted by molar-refractivity contribution is -0.160. The van der Waals surface area contributed by atoms with Crippen LogP contribution in [-0.4, -0.2) is 52.8 Å². The Morgan fingerprint density at radius 2 is 1.28 bits per heavy atom. The van der Waals surface area contributed by atoms with Gasteiger partial charge >= 0.3 is 18.2 Å². The number of Topliss-reactive ketones (excluding diaryl/α,β-unsaturated/α-hetero) is 1. The maximum absolute atomic E-state index is 12.5. The van der Waals surface area contributed by atoms with Crippen LogP contribution in [0, 0.1) is 0 Å². The van der Waals surface area contributed by atoms with Gasteiger partial charge in [-0.25, -0.2) is 19.8 Å². The van der Waals surface area contributed by atoms with Gasteiger partial charge in [-0.05, 0) is 55.4 Å². The maximum Gasteiger partial charge on any atom is 0.430 e. The second kappa shape index (κ2) is 7.71. The summed E-state index contributed by atoms with van der Waals surface area (Å²) < 4.78 is 14.9. The Bertz CT molecular complexity index is 546. The van der Waals surface area contributed by atoms with Crippen LogP contribution in [0.25, 0.3) is 0 Å². The number of hydrogen-bond acceptors (Lipinski definition) is 7. The normalized spacial score (nSPS) is 14.0. The first-order valence-electron chi connectivity index (χ1n) is 7.67. The van der Waals surface area contributed by atoms with Gasteiger partial charge in [0, 0.05) is 0 Å². The third kappa shape index (κ3) is 6.60. The maximum atomic E-state index is 12.5. The fourth-order valence-corrected chi connectivity index (χ4v) is 1.63. The lowest BCUT2D eigenvalue weighted by Gasteiger charge is -2.37. The summed E-state index contributed by atoms with van der Waals surface area (Å²) >= 11 is 0. The monoisotopic (exact) mass is 360 g/mol. The number of hydrazine groups is 1. The van der Waals surface area contributed by atoms with Crippen molar-refractivity contribution in [1.29, 1.82) is 0 Å². The molecule has 0 aliphatic carbocycles. The SMILES string of the molecule is COC(=O)[C@@](C)(C(C)=O)N(NC(=O)OC(C)(C)C)C(=O)OC(C)(C)C. The second-order valence-corrected chi connectivity index (χ2v) is 7.55. The molecule has 1 atom stereocenters. The Morgan fingerprint density at radius 3 is 1.60 bits per heavy atom. The zero-order chi connectivity index (χ0) is 20.2. The van der Waals surface area contributed by atoms with Gasteiger partial charge in [0.25, 0.3) is 0 Å². The minimum atomic E-state index is -2.13. The molecule has 0 aromatic rings. The average Bonchev–Trinajstić information content (AvgIpc) is 2.38.